The number of benzene rings is 2. The Morgan fingerprint density at radius 3 is 2.67 bits per heavy atom. The number of aliphatic imine (C=N–C) groups is 1. The Morgan fingerprint density at radius 1 is 1.26 bits per heavy atom. The number of hydrogen-bond acceptors (Lipinski definition) is 3. The molecule has 1 N–H and O–H groups in total. The molecule has 0 amide bonds. The third kappa shape index (κ3) is 6.40. The van der Waals surface area contributed by atoms with Crippen molar-refractivity contribution in [3.8, 4) is 11.8 Å². The van der Waals surface area contributed by atoms with Crippen LogP contribution in [0.25, 0.3) is 0 Å². The predicted octanol–water partition coefficient (Wildman–Crippen LogP) is 3.92. The van der Waals surface area contributed by atoms with Gasteiger partial charge in [0.25, 0.3) is 0 Å². The maximum absolute atomic E-state index is 14.0. The van der Waals surface area contributed by atoms with Crippen molar-refractivity contribution in [1.82, 2.24) is 10.2 Å². The van der Waals surface area contributed by atoms with Crippen LogP contribution in [0.1, 0.15) is 23.6 Å². The molecule has 0 saturated heterocycles. The van der Waals surface area contributed by atoms with Gasteiger partial charge in [0.2, 0.25) is 0 Å². The Balaban J connectivity index is 0.00000364. The second-order valence-electron chi connectivity index (χ2n) is 5.76. The first kappa shape index (κ1) is 22.7. The molecular weight excluding hydrogens is 458 g/mol. The van der Waals surface area contributed by atoms with Crippen LogP contribution in [0, 0.1) is 17.1 Å². The van der Waals surface area contributed by atoms with Gasteiger partial charge in [-0.15, -0.1) is 24.0 Å². The Bertz CT molecular complexity index is 820. The number of para-hydroxylation sites is 1. The number of rotatable bonds is 6. The van der Waals surface area contributed by atoms with Crippen molar-refractivity contribution in [2.45, 2.75) is 20.0 Å². The fourth-order valence-electron chi connectivity index (χ4n) is 2.56. The molecule has 0 spiro atoms. The van der Waals surface area contributed by atoms with Gasteiger partial charge in [0, 0.05) is 31.3 Å². The summed E-state index contributed by atoms with van der Waals surface area (Å²) in [6, 6.07) is 14.1. The Labute approximate surface area is 176 Å². The standard InChI is InChI=1S/C20H23FN4O.HI/c1-4-23-20(24-13-17-11-15(12-22)9-10-18(17)21)25(2)14-16-7-5-6-8-19(16)26-3;/h5-11H,4,13-14H2,1-3H3,(H,23,24);1H. The number of nitriles is 1. The third-order valence-corrected chi connectivity index (χ3v) is 3.87. The predicted molar refractivity (Wildman–Crippen MR) is 116 cm³/mol. The van der Waals surface area contributed by atoms with Crippen LogP contribution in [0.5, 0.6) is 5.75 Å². The molecule has 0 heterocycles. The highest BCUT2D eigenvalue weighted by Gasteiger charge is 2.11. The van der Waals surface area contributed by atoms with Gasteiger partial charge in [-0.1, -0.05) is 18.2 Å². The smallest absolute Gasteiger partial charge is 0.194 e. The zero-order chi connectivity index (χ0) is 18.9. The molecule has 0 radical (unpaired) electrons. The van der Waals surface area contributed by atoms with Crippen LogP contribution in [0.2, 0.25) is 0 Å². The summed E-state index contributed by atoms with van der Waals surface area (Å²) in [4.78, 5) is 6.46. The van der Waals surface area contributed by atoms with Crippen molar-refractivity contribution in [3.05, 3.63) is 65.0 Å². The summed E-state index contributed by atoms with van der Waals surface area (Å²) in [6.45, 7) is 3.41. The van der Waals surface area contributed by atoms with E-state index < -0.39 is 0 Å². The number of ether oxygens (including phenoxy) is 1. The first-order valence-corrected chi connectivity index (χ1v) is 8.38. The first-order chi connectivity index (χ1) is 12.6. The van der Waals surface area contributed by atoms with E-state index in [1.165, 1.54) is 18.2 Å². The Kier molecular flexibility index (Phi) is 9.58. The zero-order valence-electron chi connectivity index (χ0n) is 15.7. The maximum atomic E-state index is 14.0. The van der Waals surface area contributed by atoms with Crippen LogP contribution in [0.15, 0.2) is 47.5 Å². The van der Waals surface area contributed by atoms with E-state index >= 15 is 0 Å². The highest BCUT2D eigenvalue weighted by atomic mass is 127. The number of methoxy groups -OCH3 is 1. The summed E-state index contributed by atoms with van der Waals surface area (Å²) in [5, 5.41) is 12.2. The van der Waals surface area contributed by atoms with E-state index in [0.29, 0.717) is 30.2 Å². The molecule has 0 aliphatic rings. The lowest BCUT2D eigenvalue weighted by Crippen LogP contribution is -2.38. The normalized spacial score (nSPS) is 10.6. The van der Waals surface area contributed by atoms with Crippen LogP contribution in [0.4, 0.5) is 4.39 Å². The van der Waals surface area contributed by atoms with E-state index in [1.54, 1.807) is 7.11 Å². The van der Waals surface area contributed by atoms with E-state index in [2.05, 4.69) is 10.3 Å². The molecule has 0 saturated carbocycles. The van der Waals surface area contributed by atoms with Crippen molar-refractivity contribution >= 4 is 29.9 Å². The van der Waals surface area contributed by atoms with Gasteiger partial charge in [-0.05, 0) is 31.2 Å². The lowest BCUT2D eigenvalue weighted by atomic mass is 10.1. The van der Waals surface area contributed by atoms with Crippen LogP contribution in [-0.4, -0.2) is 31.6 Å². The van der Waals surface area contributed by atoms with Crippen molar-refractivity contribution < 1.29 is 9.13 Å². The summed E-state index contributed by atoms with van der Waals surface area (Å²) < 4.78 is 19.3. The van der Waals surface area contributed by atoms with Crippen LogP contribution in [0.3, 0.4) is 0 Å². The van der Waals surface area contributed by atoms with Crippen molar-refractivity contribution in [3.63, 3.8) is 0 Å². The Hall–Kier alpha value is -2.34. The fourth-order valence-corrected chi connectivity index (χ4v) is 2.56. The zero-order valence-corrected chi connectivity index (χ0v) is 18.0. The molecule has 144 valence electrons. The number of hydrogen-bond donors (Lipinski definition) is 1. The molecule has 27 heavy (non-hydrogen) atoms. The van der Waals surface area contributed by atoms with Gasteiger partial charge in [0.1, 0.15) is 11.6 Å². The Morgan fingerprint density at radius 2 is 2.00 bits per heavy atom. The molecule has 7 heteroatoms. The minimum atomic E-state index is -0.365. The summed E-state index contributed by atoms with van der Waals surface area (Å²) in [6.07, 6.45) is 0. The second-order valence-corrected chi connectivity index (χ2v) is 5.76. The van der Waals surface area contributed by atoms with Gasteiger partial charge in [-0.25, -0.2) is 9.38 Å². The van der Waals surface area contributed by atoms with E-state index in [-0.39, 0.29) is 36.3 Å². The summed E-state index contributed by atoms with van der Waals surface area (Å²) in [7, 11) is 3.55. The van der Waals surface area contributed by atoms with Gasteiger partial charge in [-0.2, -0.15) is 5.26 Å². The van der Waals surface area contributed by atoms with Gasteiger partial charge in [-0.3, -0.25) is 0 Å². The van der Waals surface area contributed by atoms with Gasteiger partial charge >= 0.3 is 0 Å². The van der Waals surface area contributed by atoms with Crippen molar-refractivity contribution in [1.29, 1.82) is 5.26 Å². The van der Waals surface area contributed by atoms with E-state index in [1.807, 2.05) is 49.2 Å². The van der Waals surface area contributed by atoms with Gasteiger partial charge in [0.15, 0.2) is 5.96 Å². The number of halogens is 2. The van der Waals surface area contributed by atoms with E-state index in [0.717, 1.165) is 11.3 Å². The molecule has 5 nitrogen and oxygen atoms in total. The van der Waals surface area contributed by atoms with Gasteiger partial charge in [0.05, 0.1) is 25.3 Å². The topological polar surface area (TPSA) is 60.7 Å². The van der Waals surface area contributed by atoms with Crippen molar-refractivity contribution in [2.75, 3.05) is 20.7 Å². The van der Waals surface area contributed by atoms with Crippen LogP contribution < -0.4 is 10.1 Å². The minimum Gasteiger partial charge on any atom is -0.496 e. The number of guanidine groups is 1. The molecule has 0 fully saturated rings. The van der Waals surface area contributed by atoms with E-state index in [9.17, 15) is 4.39 Å². The lowest BCUT2D eigenvalue weighted by molar-refractivity contribution is 0.396. The molecule has 0 atom stereocenters. The molecule has 2 aromatic rings. The lowest BCUT2D eigenvalue weighted by Gasteiger charge is -2.23. The van der Waals surface area contributed by atoms with Crippen molar-refractivity contribution in [2.24, 2.45) is 4.99 Å². The number of nitrogens with zero attached hydrogens (tertiary/aromatic N) is 3. The minimum absolute atomic E-state index is 0. The highest BCUT2D eigenvalue weighted by Crippen LogP contribution is 2.19. The third-order valence-electron chi connectivity index (χ3n) is 3.87. The van der Waals surface area contributed by atoms with Crippen LogP contribution >= 0.6 is 24.0 Å². The second kappa shape index (κ2) is 11.4. The SMILES string of the molecule is CCNC(=NCc1cc(C#N)ccc1F)N(C)Cc1ccccc1OC.I. The molecule has 2 aromatic carbocycles. The summed E-state index contributed by atoms with van der Waals surface area (Å²) >= 11 is 0. The fraction of sp³-hybridized carbons (Fsp3) is 0.300. The average molecular weight is 482 g/mol. The highest BCUT2D eigenvalue weighted by molar-refractivity contribution is 14.0. The molecule has 0 bridgehead atoms. The summed E-state index contributed by atoms with van der Waals surface area (Å²) in [5.74, 6) is 1.10. The molecule has 0 aliphatic heterocycles. The monoisotopic (exact) mass is 482 g/mol. The van der Waals surface area contributed by atoms with E-state index in [4.69, 9.17) is 10.00 Å². The van der Waals surface area contributed by atoms with Crippen LogP contribution in [-0.2, 0) is 13.1 Å². The molecular formula is C20H24FIN4O. The average Bonchev–Trinajstić information content (AvgIpc) is 2.66. The molecule has 0 aromatic heterocycles. The molecule has 0 aliphatic carbocycles. The molecule has 0 unspecified atom stereocenters. The maximum Gasteiger partial charge on any atom is 0.194 e. The largest absolute Gasteiger partial charge is 0.496 e. The first-order valence-electron chi connectivity index (χ1n) is 8.38. The molecule has 2 rings (SSSR count). The summed E-state index contributed by atoms with van der Waals surface area (Å²) in [5.41, 5.74) is 1.84. The van der Waals surface area contributed by atoms with Gasteiger partial charge < -0.3 is 15.0 Å². The number of nitrogens with one attached hydrogen (secondary N) is 1. The quantitative estimate of drug-likeness (QED) is 0.385.